The van der Waals surface area contributed by atoms with E-state index >= 15 is 0 Å². The van der Waals surface area contributed by atoms with Crippen molar-refractivity contribution in [1.29, 1.82) is 0 Å². The van der Waals surface area contributed by atoms with Crippen LogP contribution in [0, 0.1) is 5.92 Å². The number of unbranched alkanes of at least 4 members (excludes halogenated alkanes) is 1. The van der Waals surface area contributed by atoms with E-state index in [1.165, 1.54) is 25.7 Å². The first kappa shape index (κ1) is 8.58. The molecular formula is C11H18. The van der Waals surface area contributed by atoms with Gasteiger partial charge in [-0.25, -0.2) is 0 Å². The average Bonchev–Trinajstić information content (AvgIpc) is 2.04. The summed E-state index contributed by atoms with van der Waals surface area (Å²) in [6.07, 6.45) is 12.2. The van der Waals surface area contributed by atoms with Crippen LogP contribution in [-0.4, -0.2) is 0 Å². The van der Waals surface area contributed by atoms with E-state index in [-0.39, 0.29) is 0 Å². The van der Waals surface area contributed by atoms with E-state index in [0.29, 0.717) is 0 Å². The molecule has 0 nitrogen and oxygen atoms in total. The van der Waals surface area contributed by atoms with Gasteiger partial charge >= 0.3 is 0 Å². The Morgan fingerprint density at radius 3 is 2.91 bits per heavy atom. The number of hydrogen-bond acceptors (Lipinski definition) is 0. The summed E-state index contributed by atoms with van der Waals surface area (Å²) in [6, 6.07) is 0. The van der Waals surface area contributed by atoms with Crippen LogP contribution in [0.2, 0.25) is 0 Å². The maximum atomic E-state index is 2.39. The Balaban J connectivity index is 2.31. The molecule has 0 amide bonds. The quantitative estimate of drug-likeness (QED) is 0.575. The molecule has 1 unspecified atom stereocenters. The fourth-order valence-electron chi connectivity index (χ4n) is 1.34. The van der Waals surface area contributed by atoms with E-state index in [4.69, 9.17) is 0 Å². The van der Waals surface area contributed by atoms with Crippen LogP contribution in [-0.2, 0) is 0 Å². The molecule has 1 atom stereocenters. The molecule has 0 aromatic heterocycles. The van der Waals surface area contributed by atoms with Crippen LogP contribution in [0.1, 0.15) is 39.5 Å². The maximum Gasteiger partial charge on any atom is -0.0224 e. The summed E-state index contributed by atoms with van der Waals surface area (Å²) in [4.78, 5) is 0. The van der Waals surface area contributed by atoms with Gasteiger partial charge in [0, 0.05) is 0 Å². The Morgan fingerprint density at radius 1 is 1.55 bits per heavy atom. The van der Waals surface area contributed by atoms with Crippen LogP contribution >= 0.6 is 0 Å². The second-order valence-electron chi connectivity index (χ2n) is 3.45. The molecule has 0 saturated heterocycles. The molecule has 0 aromatic rings. The van der Waals surface area contributed by atoms with E-state index < -0.39 is 0 Å². The first-order valence-corrected chi connectivity index (χ1v) is 4.70. The Labute approximate surface area is 70.0 Å². The fraction of sp³-hybridized carbons (Fsp3) is 0.636. The molecule has 0 saturated carbocycles. The van der Waals surface area contributed by atoms with Gasteiger partial charge < -0.3 is 0 Å². The number of rotatable bonds is 3. The fourth-order valence-corrected chi connectivity index (χ4v) is 1.34. The summed E-state index contributed by atoms with van der Waals surface area (Å²) in [5.74, 6) is 0.764. The zero-order valence-electron chi connectivity index (χ0n) is 7.64. The molecule has 1 aliphatic carbocycles. The lowest BCUT2D eigenvalue weighted by Gasteiger charge is -2.10. The number of allylic oxidation sites excluding steroid dienone is 4. The summed E-state index contributed by atoms with van der Waals surface area (Å²) in [5, 5.41) is 0. The normalized spacial score (nSPS) is 23.5. The molecule has 0 fully saturated rings. The molecule has 0 spiro atoms. The SMILES string of the molecule is CCCCC1=CCC(C)C=C1. The predicted octanol–water partition coefficient (Wildman–Crippen LogP) is 3.70. The minimum Gasteiger partial charge on any atom is -0.0811 e. The van der Waals surface area contributed by atoms with Crippen molar-refractivity contribution >= 4 is 0 Å². The molecule has 0 bridgehead atoms. The van der Waals surface area contributed by atoms with Crippen molar-refractivity contribution in [2.24, 2.45) is 5.92 Å². The van der Waals surface area contributed by atoms with Crippen LogP contribution < -0.4 is 0 Å². The van der Waals surface area contributed by atoms with Crippen LogP contribution in [0.4, 0.5) is 0 Å². The summed E-state index contributed by atoms with van der Waals surface area (Å²) >= 11 is 0. The third kappa shape index (κ3) is 2.92. The first-order chi connectivity index (χ1) is 5.33. The second-order valence-corrected chi connectivity index (χ2v) is 3.45. The largest absolute Gasteiger partial charge is 0.0811 e. The molecule has 1 aliphatic rings. The van der Waals surface area contributed by atoms with Crippen molar-refractivity contribution < 1.29 is 0 Å². The van der Waals surface area contributed by atoms with Gasteiger partial charge in [-0.05, 0) is 25.2 Å². The maximum absolute atomic E-state index is 2.39. The molecule has 0 N–H and O–H groups in total. The highest BCUT2D eigenvalue weighted by molar-refractivity contribution is 5.23. The van der Waals surface area contributed by atoms with Gasteiger partial charge in [-0.15, -0.1) is 0 Å². The van der Waals surface area contributed by atoms with E-state index in [9.17, 15) is 0 Å². The van der Waals surface area contributed by atoms with Gasteiger partial charge in [0.15, 0.2) is 0 Å². The smallest absolute Gasteiger partial charge is 0.0224 e. The van der Waals surface area contributed by atoms with Crippen LogP contribution in [0.3, 0.4) is 0 Å². The molecule has 62 valence electrons. The van der Waals surface area contributed by atoms with Gasteiger partial charge in [0.1, 0.15) is 0 Å². The average molecular weight is 150 g/mol. The van der Waals surface area contributed by atoms with Crippen molar-refractivity contribution in [1.82, 2.24) is 0 Å². The zero-order valence-corrected chi connectivity index (χ0v) is 7.64. The minimum atomic E-state index is 0.764. The number of hydrogen-bond donors (Lipinski definition) is 0. The van der Waals surface area contributed by atoms with Crippen molar-refractivity contribution in [3.63, 3.8) is 0 Å². The predicted molar refractivity (Wildman–Crippen MR) is 50.5 cm³/mol. The first-order valence-electron chi connectivity index (χ1n) is 4.70. The second kappa shape index (κ2) is 4.38. The molecule has 0 heteroatoms. The minimum absolute atomic E-state index is 0.764. The van der Waals surface area contributed by atoms with E-state index in [1.54, 1.807) is 5.57 Å². The third-order valence-corrected chi connectivity index (χ3v) is 2.21. The Kier molecular flexibility index (Phi) is 3.41. The Bertz CT molecular complexity index is 163. The van der Waals surface area contributed by atoms with Gasteiger partial charge in [-0.1, -0.05) is 44.1 Å². The monoisotopic (exact) mass is 150 g/mol. The van der Waals surface area contributed by atoms with Crippen molar-refractivity contribution in [2.45, 2.75) is 39.5 Å². The summed E-state index contributed by atoms with van der Waals surface area (Å²) in [5.41, 5.74) is 1.55. The Morgan fingerprint density at radius 2 is 2.36 bits per heavy atom. The van der Waals surface area contributed by atoms with Crippen LogP contribution in [0.5, 0.6) is 0 Å². The molecule has 0 radical (unpaired) electrons. The van der Waals surface area contributed by atoms with E-state index in [2.05, 4.69) is 32.1 Å². The van der Waals surface area contributed by atoms with E-state index in [1.807, 2.05) is 0 Å². The summed E-state index contributed by atoms with van der Waals surface area (Å²) in [7, 11) is 0. The highest BCUT2D eigenvalue weighted by Crippen LogP contribution is 2.19. The molecule has 0 aromatic carbocycles. The molecule has 0 aliphatic heterocycles. The molecule has 11 heavy (non-hydrogen) atoms. The van der Waals surface area contributed by atoms with Crippen molar-refractivity contribution in [3.8, 4) is 0 Å². The molecule has 0 heterocycles. The summed E-state index contributed by atoms with van der Waals surface area (Å²) < 4.78 is 0. The van der Waals surface area contributed by atoms with E-state index in [0.717, 1.165) is 5.92 Å². The standard InChI is InChI=1S/C11H18/c1-3-4-5-11-8-6-10(2)7-9-11/h6,8-10H,3-5,7H2,1-2H3. The van der Waals surface area contributed by atoms with Gasteiger partial charge in [0.05, 0.1) is 0 Å². The van der Waals surface area contributed by atoms with Crippen molar-refractivity contribution in [2.75, 3.05) is 0 Å². The lowest BCUT2D eigenvalue weighted by atomic mass is 9.96. The highest BCUT2D eigenvalue weighted by Gasteiger charge is 2.01. The van der Waals surface area contributed by atoms with Gasteiger partial charge in [0.25, 0.3) is 0 Å². The lowest BCUT2D eigenvalue weighted by molar-refractivity contribution is 0.714. The summed E-state index contributed by atoms with van der Waals surface area (Å²) in [6.45, 7) is 4.51. The van der Waals surface area contributed by atoms with Gasteiger partial charge in [-0.3, -0.25) is 0 Å². The van der Waals surface area contributed by atoms with Crippen LogP contribution in [0.25, 0.3) is 0 Å². The van der Waals surface area contributed by atoms with Gasteiger partial charge in [-0.2, -0.15) is 0 Å². The van der Waals surface area contributed by atoms with Gasteiger partial charge in [0.2, 0.25) is 0 Å². The highest BCUT2D eigenvalue weighted by atomic mass is 14.1. The Hall–Kier alpha value is -0.520. The third-order valence-electron chi connectivity index (χ3n) is 2.21. The van der Waals surface area contributed by atoms with Crippen LogP contribution in [0.15, 0.2) is 23.8 Å². The van der Waals surface area contributed by atoms with Crippen molar-refractivity contribution in [3.05, 3.63) is 23.8 Å². The topological polar surface area (TPSA) is 0 Å². The zero-order chi connectivity index (χ0) is 8.10. The lowest BCUT2D eigenvalue weighted by Crippen LogP contribution is -1.94. The molecular weight excluding hydrogens is 132 g/mol. The molecule has 1 rings (SSSR count).